The van der Waals surface area contributed by atoms with E-state index in [0.29, 0.717) is 5.82 Å². The number of fused-ring (bicyclic) bond motifs is 7. The molecular formula is C75H55BN4. The fourth-order valence-corrected chi connectivity index (χ4v) is 12.9. The van der Waals surface area contributed by atoms with Gasteiger partial charge in [0.1, 0.15) is 0 Å². The van der Waals surface area contributed by atoms with E-state index in [1.807, 2.05) is 0 Å². The maximum atomic E-state index is 5.34. The maximum Gasteiger partial charge on any atom is 0.247 e. The van der Waals surface area contributed by atoms with Crippen LogP contribution in [-0.4, -0.2) is 21.2 Å². The van der Waals surface area contributed by atoms with E-state index < -0.39 is 0 Å². The van der Waals surface area contributed by atoms with Crippen LogP contribution in [0.25, 0.3) is 83.6 Å². The van der Waals surface area contributed by atoms with E-state index in [2.05, 4.69) is 303 Å². The quantitative estimate of drug-likeness (QED) is 0.142. The van der Waals surface area contributed by atoms with Crippen LogP contribution < -0.4 is 21.3 Å². The highest BCUT2D eigenvalue weighted by atomic mass is 15.2. The highest BCUT2D eigenvalue weighted by Crippen LogP contribution is 2.46. The van der Waals surface area contributed by atoms with E-state index in [1.54, 1.807) is 0 Å². The number of para-hydroxylation sites is 3. The van der Waals surface area contributed by atoms with E-state index >= 15 is 0 Å². The fraction of sp³-hybridized carbons (Fsp3) is 0.0667. The zero-order valence-electron chi connectivity index (χ0n) is 44.9. The van der Waals surface area contributed by atoms with Crippen molar-refractivity contribution in [3.05, 3.63) is 295 Å². The van der Waals surface area contributed by atoms with Crippen molar-refractivity contribution < 1.29 is 0 Å². The molecule has 0 bridgehead atoms. The van der Waals surface area contributed by atoms with E-state index in [0.717, 1.165) is 61.7 Å². The average molecular weight is 1020 g/mol. The largest absolute Gasteiger partial charge is 0.311 e. The van der Waals surface area contributed by atoms with Crippen molar-refractivity contribution in [2.24, 2.45) is 0 Å². The van der Waals surface area contributed by atoms with Gasteiger partial charge in [-0.3, -0.25) is 0 Å². The molecular weight excluding hydrogens is 968 g/mol. The van der Waals surface area contributed by atoms with Gasteiger partial charge in [-0.1, -0.05) is 232 Å². The van der Waals surface area contributed by atoms with Gasteiger partial charge in [0, 0.05) is 56.0 Å². The van der Waals surface area contributed by atoms with Crippen LogP contribution in [0, 0.1) is 0 Å². The molecule has 0 radical (unpaired) electrons. The molecule has 13 aromatic rings. The number of rotatable bonds is 8. The van der Waals surface area contributed by atoms with Crippen molar-refractivity contribution in [2.75, 3.05) is 4.90 Å². The van der Waals surface area contributed by atoms with Gasteiger partial charge in [0.2, 0.25) is 6.71 Å². The molecule has 0 amide bonds. The van der Waals surface area contributed by atoms with Crippen LogP contribution in [0.15, 0.2) is 273 Å². The Morgan fingerprint density at radius 2 is 0.975 bits per heavy atom. The van der Waals surface area contributed by atoms with E-state index in [4.69, 9.17) is 9.97 Å². The minimum atomic E-state index is -0.00635. The van der Waals surface area contributed by atoms with Crippen LogP contribution >= 0.6 is 0 Å². The molecule has 5 heteroatoms. The number of aromatic nitrogens is 3. The van der Waals surface area contributed by atoms with Crippen LogP contribution in [-0.2, 0) is 5.41 Å². The molecule has 2 aliphatic heterocycles. The summed E-state index contributed by atoms with van der Waals surface area (Å²) in [6, 6.07) is 100. The first-order chi connectivity index (χ1) is 39.3. The summed E-state index contributed by atoms with van der Waals surface area (Å²) in [5.41, 5.74) is 25.7. The molecule has 2 aliphatic rings. The minimum Gasteiger partial charge on any atom is -0.311 e. The Kier molecular flexibility index (Phi) is 11.2. The number of benzene rings is 11. The lowest BCUT2D eigenvalue weighted by Gasteiger charge is -2.43. The standard InChI is InChI=1S/C75H55BN4/c1-75(2,3)56-41-43-69-61(47-56)58-30-17-20-34-67(58)80(69)68-42-40-54(74-77-65(51-22-8-4-9-23-51)48-66(78-74)52-24-10-5-11-25-52)44-60(68)50-38-36-49(37-39-50)55-45-62-72(53-26-12-6-13-27-53)59-31-16-18-32-63(59)76-64-33-19-21-35-70(64)79(71(46-55)73(62)76)57-28-14-7-15-29-57/h4-48,72H,1-3H3. The van der Waals surface area contributed by atoms with Gasteiger partial charge >= 0.3 is 0 Å². The second-order valence-corrected chi connectivity index (χ2v) is 22.5. The molecule has 378 valence electrons. The van der Waals surface area contributed by atoms with Crippen molar-refractivity contribution in [3.63, 3.8) is 0 Å². The normalized spacial score (nSPS) is 13.5. The van der Waals surface area contributed by atoms with Crippen LogP contribution in [0.3, 0.4) is 0 Å². The molecule has 0 fully saturated rings. The summed E-state index contributed by atoms with van der Waals surface area (Å²) in [5, 5.41) is 2.47. The Morgan fingerprint density at radius 1 is 0.388 bits per heavy atom. The zero-order valence-corrected chi connectivity index (χ0v) is 44.9. The van der Waals surface area contributed by atoms with E-state index in [9.17, 15) is 0 Å². The summed E-state index contributed by atoms with van der Waals surface area (Å²) in [6.45, 7) is 6.96. The topological polar surface area (TPSA) is 34.0 Å². The number of nitrogens with zero attached hydrogens (tertiary/aromatic N) is 4. The van der Waals surface area contributed by atoms with Crippen LogP contribution in [0.2, 0.25) is 0 Å². The average Bonchev–Trinajstić information content (AvgIpc) is 3.35. The maximum absolute atomic E-state index is 5.34. The Morgan fingerprint density at radius 3 is 1.69 bits per heavy atom. The predicted octanol–water partition coefficient (Wildman–Crippen LogP) is 17.0. The first-order valence-electron chi connectivity index (χ1n) is 27.9. The third kappa shape index (κ3) is 7.91. The van der Waals surface area contributed by atoms with Crippen molar-refractivity contribution in [2.45, 2.75) is 32.1 Å². The molecule has 0 N–H and O–H groups in total. The van der Waals surface area contributed by atoms with Crippen LogP contribution in [0.4, 0.5) is 17.1 Å². The van der Waals surface area contributed by atoms with Gasteiger partial charge in [0.05, 0.1) is 28.1 Å². The lowest BCUT2D eigenvalue weighted by atomic mass is 9.31. The van der Waals surface area contributed by atoms with Crippen molar-refractivity contribution in [1.29, 1.82) is 0 Å². The second kappa shape index (κ2) is 19.0. The Labute approximate surface area is 468 Å². The van der Waals surface area contributed by atoms with Gasteiger partial charge in [-0.15, -0.1) is 0 Å². The number of hydrogen-bond donors (Lipinski definition) is 0. The SMILES string of the molecule is CC(C)(C)c1ccc2c(c1)c1ccccc1n2-c1ccc(-c2nc(-c3ccccc3)cc(-c3ccccc3)n2)cc1-c1ccc(-c2cc3c4c(c2)N(c2ccccc2)c2ccccc2B4c2ccccc2C3c2ccccc2)cc1. The van der Waals surface area contributed by atoms with Gasteiger partial charge in [0.25, 0.3) is 0 Å². The molecule has 15 rings (SSSR count). The Bertz CT molecular complexity index is 4340. The molecule has 0 saturated carbocycles. The third-order valence-electron chi connectivity index (χ3n) is 16.7. The lowest BCUT2D eigenvalue weighted by molar-refractivity contribution is 0.591. The lowest BCUT2D eigenvalue weighted by Crippen LogP contribution is -2.61. The summed E-state index contributed by atoms with van der Waals surface area (Å²) in [5.74, 6) is 0.715. The van der Waals surface area contributed by atoms with Crippen molar-refractivity contribution in [3.8, 4) is 61.8 Å². The molecule has 0 spiro atoms. The zero-order chi connectivity index (χ0) is 53.5. The monoisotopic (exact) mass is 1020 g/mol. The van der Waals surface area contributed by atoms with Crippen LogP contribution in [0.1, 0.15) is 48.9 Å². The predicted molar refractivity (Wildman–Crippen MR) is 335 cm³/mol. The van der Waals surface area contributed by atoms with Crippen LogP contribution in [0.5, 0.6) is 0 Å². The van der Waals surface area contributed by atoms with Gasteiger partial charge < -0.3 is 9.47 Å². The Balaban J connectivity index is 0.945. The van der Waals surface area contributed by atoms with Crippen molar-refractivity contribution in [1.82, 2.24) is 14.5 Å². The molecule has 4 nitrogen and oxygen atoms in total. The van der Waals surface area contributed by atoms with Gasteiger partial charge in [-0.2, -0.15) is 0 Å². The summed E-state index contributed by atoms with van der Waals surface area (Å²) >= 11 is 0. The molecule has 4 heterocycles. The van der Waals surface area contributed by atoms with E-state index in [-0.39, 0.29) is 18.0 Å². The van der Waals surface area contributed by atoms with Crippen molar-refractivity contribution >= 4 is 62.0 Å². The molecule has 0 saturated heterocycles. The summed E-state index contributed by atoms with van der Waals surface area (Å²) in [7, 11) is 0. The summed E-state index contributed by atoms with van der Waals surface area (Å²) in [4.78, 5) is 13.2. The van der Waals surface area contributed by atoms with Gasteiger partial charge in [-0.25, -0.2) is 9.97 Å². The molecule has 11 aromatic carbocycles. The smallest absolute Gasteiger partial charge is 0.247 e. The minimum absolute atomic E-state index is 0.00635. The number of anilines is 3. The molecule has 80 heavy (non-hydrogen) atoms. The molecule has 1 atom stereocenters. The first kappa shape index (κ1) is 47.4. The Hall–Kier alpha value is -9.84. The third-order valence-corrected chi connectivity index (χ3v) is 16.7. The number of hydrogen-bond acceptors (Lipinski definition) is 3. The molecule has 2 aromatic heterocycles. The molecule has 0 aliphatic carbocycles. The highest BCUT2D eigenvalue weighted by molar-refractivity contribution is 6.99. The summed E-state index contributed by atoms with van der Waals surface area (Å²) < 4.78 is 2.46. The highest BCUT2D eigenvalue weighted by Gasteiger charge is 2.44. The fourth-order valence-electron chi connectivity index (χ4n) is 12.9. The molecule has 1 unspecified atom stereocenters. The van der Waals surface area contributed by atoms with Gasteiger partial charge in [0.15, 0.2) is 5.82 Å². The van der Waals surface area contributed by atoms with Gasteiger partial charge in [-0.05, 0) is 122 Å². The second-order valence-electron chi connectivity index (χ2n) is 22.5. The van der Waals surface area contributed by atoms with E-state index in [1.165, 1.54) is 71.9 Å². The first-order valence-corrected chi connectivity index (χ1v) is 27.9. The summed E-state index contributed by atoms with van der Waals surface area (Å²) in [6.07, 6.45) is 0.